The number of benzene rings is 2. The van der Waals surface area contributed by atoms with Crippen molar-refractivity contribution in [2.45, 2.75) is 37.8 Å². The largest absolute Gasteiger partial charge is 0.497 e. The summed E-state index contributed by atoms with van der Waals surface area (Å²) < 4.78 is 11.5. The van der Waals surface area contributed by atoms with Crippen LogP contribution in [-0.4, -0.2) is 59.7 Å². The van der Waals surface area contributed by atoms with Gasteiger partial charge in [0.25, 0.3) is 0 Å². The quantitative estimate of drug-likeness (QED) is 0.718. The Morgan fingerprint density at radius 3 is 2.73 bits per heavy atom. The molecular formula is C26H28N2O5. The predicted octanol–water partition coefficient (Wildman–Crippen LogP) is 3.24. The van der Waals surface area contributed by atoms with Gasteiger partial charge < -0.3 is 19.3 Å². The van der Waals surface area contributed by atoms with E-state index >= 15 is 0 Å². The van der Waals surface area contributed by atoms with E-state index in [9.17, 15) is 14.4 Å². The number of hydrogen-bond acceptors (Lipinski definition) is 5. The van der Waals surface area contributed by atoms with Gasteiger partial charge in [-0.25, -0.2) is 0 Å². The van der Waals surface area contributed by atoms with Crippen LogP contribution in [0.3, 0.4) is 0 Å². The number of ketones is 1. The van der Waals surface area contributed by atoms with Gasteiger partial charge >= 0.3 is 0 Å². The summed E-state index contributed by atoms with van der Waals surface area (Å²) in [5, 5.41) is 0. The van der Waals surface area contributed by atoms with Crippen molar-refractivity contribution in [2.75, 3.05) is 26.7 Å². The number of Topliss-reactive ketones (excluding diaryl/α,β-unsaturated/α-hetero) is 1. The number of likely N-dealkylation sites (tertiary alicyclic amines) is 2. The molecule has 0 aliphatic carbocycles. The number of fused-ring (bicyclic) bond motifs is 1. The first kappa shape index (κ1) is 21.5. The van der Waals surface area contributed by atoms with Crippen molar-refractivity contribution in [2.24, 2.45) is 5.92 Å². The van der Waals surface area contributed by atoms with E-state index in [2.05, 4.69) is 0 Å². The Kier molecular flexibility index (Phi) is 5.35. The Bertz CT molecular complexity index is 1100. The lowest BCUT2D eigenvalue weighted by Crippen LogP contribution is -2.46. The Balaban J connectivity index is 1.27. The molecule has 3 unspecified atom stereocenters. The molecule has 33 heavy (non-hydrogen) atoms. The molecule has 7 nitrogen and oxygen atoms in total. The van der Waals surface area contributed by atoms with Crippen molar-refractivity contribution in [3.8, 4) is 11.5 Å². The molecule has 2 amide bonds. The monoisotopic (exact) mass is 448 g/mol. The average Bonchev–Trinajstić information content (AvgIpc) is 3.42. The molecule has 172 valence electrons. The lowest BCUT2D eigenvalue weighted by molar-refractivity contribution is -0.135. The molecule has 5 rings (SSSR count). The standard InChI is InChI=1S/C26H28N2O5/c1-17(18-6-4-3-5-7-18)28-15-19(12-24(28)30)25(31)27-11-10-26(16-27)14-22(29)21-13-20(32-2)8-9-23(21)33-26/h3-9,13,17,19H,10-12,14-16H2,1-2H3. The molecule has 2 fully saturated rings. The van der Waals surface area contributed by atoms with Crippen LogP contribution >= 0.6 is 0 Å². The molecule has 3 aliphatic heterocycles. The van der Waals surface area contributed by atoms with E-state index in [1.807, 2.05) is 37.3 Å². The SMILES string of the molecule is COc1ccc2c(c1)C(=O)CC1(CCN(C(=O)C3CC(=O)N(C(C)c4ccccc4)C3)C1)O2. The second-order valence-electron chi connectivity index (χ2n) is 9.29. The molecule has 3 heterocycles. The molecule has 0 bridgehead atoms. The van der Waals surface area contributed by atoms with Gasteiger partial charge in [-0.3, -0.25) is 14.4 Å². The molecule has 2 aromatic rings. The summed E-state index contributed by atoms with van der Waals surface area (Å²) >= 11 is 0. The van der Waals surface area contributed by atoms with Crippen LogP contribution in [0.2, 0.25) is 0 Å². The van der Waals surface area contributed by atoms with Crippen LogP contribution < -0.4 is 9.47 Å². The van der Waals surface area contributed by atoms with Crippen LogP contribution in [0.25, 0.3) is 0 Å². The van der Waals surface area contributed by atoms with Gasteiger partial charge in [0.1, 0.15) is 17.1 Å². The van der Waals surface area contributed by atoms with Gasteiger partial charge in [0.2, 0.25) is 11.8 Å². The minimum absolute atomic E-state index is 0.00311. The fourth-order valence-corrected chi connectivity index (χ4v) is 5.30. The average molecular weight is 449 g/mol. The Labute approximate surface area is 193 Å². The first-order chi connectivity index (χ1) is 15.9. The molecule has 0 N–H and O–H groups in total. The second kappa shape index (κ2) is 8.21. The van der Waals surface area contributed by atoms with Crippen molar-refractivity contribution in [1.29, 1.82) is 0 Å². The molecule has 3 aliphatic rings. The maximum atomic E-state index is 13.3. The Hall–Kier alpha value is -3.35. The molecule has 2 saturated heterocycles. The van der Waals surface area contributed by atoms with Gasteiger partial charge in [0, 0.05) is 25.9 Å². The van der Waals surface area contributed by atoms with E-state index in [4.69, 9.17) is 9.47 Å². The number of ether oxygens (including phenoxy) is 2. The summed E-state index contributed by atoms with van der Waals surface area (Å²) in [5.41, 5.74) is 0.883. The minimum atomic E-state index is -0.700. The van der Waals surface area contributed by atoms with E-state index in [1.54, 1.807) is 35.1 Å². The summed E-state index contributed by atoms with van der Waals surface area (Å²) in [7, 11) is 1.56. The molecule has 0 saturated carbocycles. The molecule has 7 heteroatoms. The van der Waals surface area contributed by atoms with Gasteiger partial charge in [0.15, 0.2) is 5.78 Å². The van der Waals surface area contributed by atoms with Crippen LogP contribution in [0.15, 0.2) is 48.5 Å². The van der Waals surface area contributed by atoms with Gasteiger partial charge in [-0.2, -0.15) is 0 Å². The van der Waals surface area contributed by atoms with Crippen LogP contribution in [0.1, 0.15) is 48.1 Å². The van der Waals surface area contributed by atoms with E-state index in [0.717, 1.165) is 5.56 Å². The smallest absolute Gasteiger partial charge is 0.228 e. The topological polar surface area (TPSA) is 76.2 Å². The zero-order chi connectivity index (χ0) is 23.2. The number of methoxy groups -OCH3 is 1. The van der Waals surface area contributed by atoms with Crippen molar-refractivity contribution in [1.82, 2.24) is 9.80 Å². The predicted molar refractivity (Wildman–Crippen MR) is 121 cm³/mol. The number of nitrogens with zero attached hydrogens (tertiary/aromatic N) is 2. The number of rotatable bonds is 4. The summed E-state index contributed by atoms with van der Waals surface area (Å²) in [6.07, 6.45) is 1.06. The Morgan fingerprint density at radius 2 is 1.97 bits per heavy atom. The van der Waals surface area contributed by atoms with E-state index in [-0.39, 0.29) is 42.4 Å². The van der Waals surface area contributed by atoms with E-state index in [1.165, 1.54) is 0 Å². The summed E-state index contributed by atoms with van der Waals surface area (Å²) in [5.74, 6) is 0.772. The van der Waals surface area contributed by atoms with Crippen molar-refractivity contribution < 1.29 is 23.9 Å². The van der Waals surface area contributed by atoms with Crippen LogP contribution in [-0.2, 0) is 9.59 Å². The van der Waals surface area contributed by atoms with Gasteiger partial charge in [-0.1, -0.05) is 30.3 Å². The highest BCUT2D eigenvalue weighted by atomic mass is 16.5. The van der Waals surface area contributed by atoms with Gasteiger partial charge in [0.05, 0.1) is 37.6 Å². The lowest BCUT2D eigenvalue weighted by Gasteiger charge is -2.35. The molecule has 0 aromatic heterocycles. The van der Waals surface area contributed by atoms with Crippen LogP contribution in [0, 0.1) is 5.92 Å². The number of carbonyl (C=O) groups is 3. The number of amides is 2. The fraction of sp³-hybridized carbons (Fsp3) is 0.423. The lowest BCUT2D eigenvalue weighted by atomic mass is 9.89. The Morgan fingerprint density at radius 1 is 1.18 bits per heavy atom. The third-order valence-corrected chi connectivity index (χ3v) is 7.18. The first-order valence-corrected chi connectivity index (χ1v) is 11.4. The molecule has 3 atom stereocenters. The normalized spacial score (nSPS) is 25.2. The van der Waals surface area contributed by atoms with Crippen molar-refractivity contribution in [3.63, 3.8) is 0 Å². The zero-order valence-electron chi connectivity index (χ0n) is 19.0. The molecular weight excluding hydrogens is 420 g/mol. The van der Waals surface area contributed by atoms with Crippen LogP contribution in [0.5, 0.6) is 11.5 Å². The van der Waals surface area contributed by atoms with E-state index in [0.29, 0.717) is 43.1 Å². The van der Waals surface area contributed by atoms with Gasteiger partial charge in [-0.05, 0) is 30.7 Å². The number of hydrogen-bond donors (Lipinski definition) is 0. The zero-order valence-corrected chi connectivity index (χ0v) is 19.0. The third-order valence-electron chi connectivity index (χ3n) is 7.18. The fourth-order valence-electron chi connectivity index (χ4n) is 5.30. The van der Waals surface area contributed by atoms with Gasteiger partial charge in [-0.15, -0.1) is 0 Å². The molecule has 0 radical (unpaired) electrons. The highest BCUT2D eigenvalue weighted by Gasteiger charge is 2.49. The second-order valence-corrected chi connectivity index (χ2v) is 9.29. The summed E-state index contributed by atoms with van der Waals surface area (Å²) in [6, 6.07) is 15.0. The van der Waals surface area contributed by atoms with E-state index < -0.39 is 5.60 Å². The number of carbonyl (C=O) groups excluding carboxylic acids is 3. The van der Waals surface area contributed by atoms with Crippen LogP contribution in [0.4, 0.5) is 0 Å². The highest BCUT2D eigenvalue weighted by Crippen LogP contribution is 2.41. The maximum absolute atomic E-state index is 13.3. The summed E-state index contributed by atoms with van der Waals surface area (Å²) in [6.45, 7) is 3.30. The highest BCUT2D eigenvalue weighted by molar-refractivity contribution is 6.01. The first-order valence-electron chi connectivity index (χ1n) is 11.4. The maximum Gasteiger partial charge on any atom is 0.228 e. The molecule has 1 spiro atoms. The minimum Gasteiger partial charge on any atom is -0.497 e. The molecule has 2 aromatic carbocycles. The third kappa shape index (κ3) is 3.86. The summed E-state index contributed by atoms with van der Waals surface area (Å²) in [4.78, 5) is 42.5. The van der Waals surface area contributed by atoms with Crippen molar-refractivity contribution >= 4 is 17.6 Å². The van der Waals surface area contributed by atoms with Crippen molar-refractivity contribution in [3.05, 3.63) is 59.7 Å².